The second-order valence-corrected chi connectivity index (χ2v) is 8.53. The monoisotopic (exact) mass is 370 g/mol. The number of aryl methyl sites for hydroxylation is 2. The Morgan fingerprint density at radius 2 is 2.08 bits per heavy atom. The smallest absolute Gasteiger partial charge is 0.309 e. The van der Waals surface area contributed by atoms with Crippen molar-refractivity contribution in [2.24, 2.45) is 5.92 Å². The van der Waals surface area contributed by atoms with Gasteiger partial charge in [0.1, 0.15) is 0 Å². The van der Waals surface area contributed by atoms with Crippen LogP contribution in [0.15, 0.2) is 11.1 Å². The fraction of sp³-hybridized carbons (Fsp3) is 0.667. The van der Waals surface area contributed by atoms with Crippen LogP contribution >= 0.6 is 0 Å². The van der Waals surface area contributed by atoms with Crippen molar-refractivity contribution in [3.8, 4) is 0 Å². The first-order valence-electron chi connectivity index (χ1n) is 8.28. The highest BCUT2D eigenvalue weighted by molar-refractivity contribution is 7.89. The van der Waals surface area contributed by atoms with Crippen LogP contribution in [0, 0.1) is 12.8 Å². The first kappa shape index (κ1) is 17.9. The van der Waals surface area contributed by atoms with Crippen LogP contribution in [-0.2, 0) is 26.2 Å². The zero-order chi connectivity index (χ0) is 18.4. The van der Waals surface area contributed by atoms with E-state index in [1.165, 1.54) is 8.99 Å². The Morgan fingerprint density at radius 1 is 1.44 bits per heavy atom. The molecule has 9 nitrogen and oxygen atoms in total. The molecule has 0 unspecified atom stereocenters. The fourth-order valence-corrected chi connectivity index (χ4v) is 5.49. The molecule has 1 amide bonds. The molecule has 2 aliphatic heterocycles. The SMILES string of the molecule is CCn1nc(C)cc1S(=O)(=O)N1CCC2(CC1)NC(=O)C[C@@H]2C(=O)O. The van der Waals surface area contributed by atoms with Crippen LogP contribution in [0.25, 0.3) is 0 Å². The van der Waals surface area contributed by atoms with Crippen LogP contribution in [0.2, 0.25) is 0 Å². The maximum atomic E-state index is 12.9. The number of carbonyl (C=O) groups is 2. The predicted octanol–water partition coefficient (Wildman–Crippen LogP) is -0.0446. The molecule has 0 saturated carbocycles. The highest BCUT2D eigenvalue weighted by atomic mass is 32.2. The number of piperidine rings is 1. The molecule has 1 aromatic heterocycles. The normalized spacial score (nSPS) is 23.8. The first-order valence-corrected chi connectivity index (χ1v) is 9.72. The van der Waals surface area contributed by atoms with Crippen molar-refractivity contribution in [1.82, 2.24) is 19.4 Å². The van der Waals surface area contributed by atoms with Gasteiger partial charge in [-0.25, -0.2) is 8.42 Å². The minimum absolute atomic E-state index is 0.0517. The summed E-state index contributed by atoms with van der Waals surface area (Å²) in [5, 5.41) is 16.5. The third-order valence-electron chi connectivity index (χ3n) is 5.13. The molecule has 2 saturated heterocycles. The van der Waals surface area contributed by atoms with Crippen molar-refractivity contribution in [2.45, 2.75) is 50.2 Å². The molecule has 2 aliphatic rings. The van der Waals surface area contributed by atoms with Gasteiger partial charge in [-0.15, -0.1) is 0 Å². The fourth-order valence-electron chi connectivity index (χ4n) is 3.81. The lowest BCUT2D eigenvalue weighted by atomic mass is 9.78. The molecule has 0 aliphatic carbocycles. The van der Waals surface area contributed by atoms with Gasteiger partial charge in [0.2, 0.25) is 5.91 Å². The number of nitrogens with one attached hydrogen (secondary N) is 1. The molecule has 2 fully saturated rings. The summed E-state index contributed by atoms with van der Waals surface area (Å²) in [5.41, 5.74) is -0.224. The topological polar surface area (TPSA) is 122 Å². The number of aliphatic carboxylic acids is 1. The highest BCUT2D eigenvalue weighted by Gasteiger charge is 2.52. The summed E-state index contributed by atoms with van der Waals surface area (Å²) in [4.78, 5) is 23.2. The summed E-state index contributed by atoms with van der Waals surface area (Å²) >= 11 is 0. The third kappa shape index (κ3) is 2.93. The Bertz CT molecular complexity index is 808. The summed E-state index contributed by atoms with van der Waals surface area (Å²) < 4.78 is 28.7. The van der Waals surface area contributed by atoms with E-state index in [0.29, 0.717) is 12.2 Å². The molecule has 10 heteroatoms. The molecule has 2 N–H and O–H groups in total. The van der Waals surface area contributed by atoms with Gasteiger partial charge < -0.3 is 10.4 Å². The van der Waals surface area contributed by atoms with Gasteiger partial charge in [0.15, 0.2) is 5.03 Å². The average molecular weight is 370 g/mol. The Labute approximate surface area is 146 Å². The van der Waals surface area contributed by atoms with Gasteiger partial charge >= 0.3 is 5.97 Å². The lowest BCUT2D eigenvalue weighted by Crippen LogP contribution is -2.56. The number of rotatable bonds is 4. The number of carboxylic acid groups (broad SMARTS) is 1. The van der Waals surface area contributed by atoms with E-state index < -0.39 is 27.4 Å². The second kappa shape index (κ2) is 6.10. The van der Waals surface area contributed by atoms with Crippen LogP contribution in [0.4, 0.5) is 0 Å². The quantitative estimate of drug-likeness (QED) is 0.767. The van der Waals surface area contributed by atoms with Gasteiger partial charge in [0.25, 0.3) is 10.0 Å². The molecular formula is C15H22N4O5S. The van der Waals surface area contributed by atoms with Gasteiger partial charge in [-0.2, -0.15) is 9.40 Å². The number of carbonyl (C=O) groups excluding carboxylic acids is 1. The van der Waals surface area contributed by atoms with Gasteiger partial charge in [0.05, 0.1) is 17.2 Å². The largest absolute Gasteiger partial charge is 0.481 e. The molecule has 138 valence electrons. The zero-order valence-electron chi connectivity index (χ0n) is 14.2. The van der Waals surface area contributed by atoms with Crippen LogP contribution < -0.4 is 5.32 Å². The number of hydrogen-bond acceptors (Lipinski definition) is 5. The van der Waals surface area contributed by atoms with Gasteiger partial charge in [-0.05, 0) is 32.8 Å². The van der Waals surface area contributed by atoms with Gasteiger partial charge in [-0.1, -0.05) is 0 Å². The van der Waals surface area contributed by atoms with E-state index in [9.17, 15) is 23.1 Å². The third-order valence-corrected chi connectivity index (χ3v) is 7.03. The minimum Gasteiger partial charge on any atom is -0.481 e. The van der Waals surface area contributed by atoms with Crippen LogP contribution in [0.5, 0.6) is 0 Å². The molecule has 0 aromatic carbocycles. The van der Waals surface area contributed by atoms with E-state index >= 15 is 0 Å². The maximum absolute atomic E-state index is 12.9. The summed E-state index contributed by atoms with van der Waals surface area (Å²) in [6.45, 7) is 4.34. The molecular weight excluding hydrogens is 348 g/mol. The summed E-state index contributed by atoms with van der Waals surface area (Å²) in [7, 11) is -3.71. The van der Waals surface area contributed by atoms with Crippen LogP contribution in [0.1, 0.15) is 31.9 Å². The van der Waals surface area contributed by atoms with Crippen molar-refractivity contribution in [3.05, 3.63) is 11.8 Å². The number of nitrogens with zero attached hydrogens (tertiary/aromatic N) is 3. The Balaban J connectivity index is 1.82. The van der Waals surface area contributed by atoms with E-state index in [0.717, 1.165) is 0 Å². The van der Waals surface area contributed by atoms with Crippen molar-refractivity contribution in [3.63, 3.8) is 0 Å². The highest BCUT2D eigenvalue weighted by Crippen LogP contribution is 2.38. The zero-order valence-corrected chi connectivity index (χ0v) is 15.0. The van der Waals surface area contributed by atoms with Crippen molar-refractivity contribution < 1.29 is 23.1 Å². The van der Waals surface area contributed by atoms with E-state index in [-0.39, 0.29) is 43.3 Å². The molecule has 3 heterocycles. The van der Waals surface area contributed by atoms with Gasteiger partial charge in [0, 0.05) is 26.1 Å². The lowest BCUT2D eigenvalue weighted by Gasteiger charge is -2.40. The molecule has 0 bridgehead atoms. The van der Waals surface area contributed by atoms with Crippen molar-refractivity contribution in [2.75, 3.05) is 13.1 Å². The predicted molar refractivity (Wildman–Crippen MR) is 87.2 cm³/mol. The Kier molecular flexibility index (Phi) is 4.36. The second-order valence-electron chi connectivity index (χ2n) is 6.64. The number of hydrogen-bond donors (Lipinski definition) is 2. The van der Waals surface area contributed by atoms with Crippen molar-refractivity contribution in [1.29, 1.82) is 0 Å². The minimum atomic E-state index is -3.71. The van der Waals surface area contributed by atoms with E-state index in [1.54, 1.807) is 13.0 Å². The van der Waals surface area contributed by atoms with Crippen LogP contribution in [-0.4, -0.2) is 58.1 Å². The molecule has 25 heavy (non-hydrogen) atoms. The molecule has 3 rings (SSSR count). The van der Waals surface area contributed by atoms with Crippen LogP contribution in [0.3, 0.4) is 0 Å². The van der Waals surface area contributed by atoms with Gasteiger partial charge in [-0.3, -0.25) is 14.3 Å². The summed E-state index contributed by atoms with van der Waals surface area (Å²) in [6.07, 6.45) is 0.520. The van der Waals surface area contributed by atoms with Crippen molar-refractivity contribution >= 4 is 21.9 Å². The molecule has 0 radical (unpaired) electrons. The van der Waals surface area contributed by atoms with E-state index in [2.05, 4.69) is 10.4 Å². The number of carboxylic acids is 1. The number of aromatic nitrogens is 2. The standard InChI is InChI=1S/C15H22N4O5S/c1-3-19-13(8-10(2)17-19)25(23,24)18-6-4-15(5-7-18)11(14(21)22)9-12(20)16-15/h8,11H,3-7,9H2,1-2H3,(H,16,20)(H,21,22)/t11-/m1/s1. The van der Waals surface area contributed by atoms with E-state index in [4.69, 9.17) is 0 Å². The molecule has 1 aromatic rings. The number of sulfonamides is 1. The summed E-state index contributed by atoms with van der Waals surface area (Å²) in [5.74, 6) is -2.12. The molecule has 1 spiro atoms. The average Bonchev–Trinajstić information content (AvgIpc) is 3.08. The first-order chi connectivity index (χ1) is 11.7. The Morgan fingerprint density at radius 3 is 2.64 bits per heavy atom. The molecule has 1 atom stereocenters. The van der Waals surface area contributed by atoms with E-state index in [1.807, 2.05) is 6.92 Å². The Hall–Kier alpha value is -1.94. The summed E-state index contributed by atoms with van der Waals surface area (Å²) in [6, 6.07) is 1.54. The maximum Gasteiger partial charge on any atom is 0.309 e. The lowest BCUT2D eigenvalue weighted by molar-refractivity contribution is -0.144. The number of amides is 1.